The first-order valence-corrected chi connectivity index (χ1v) is 28.8. The molecule has 0 spiro atoms. The summed E-state index contributed by atoms with van der Waals surface area (Å²) in [5.74, 6) is 6.45. The van der Waals surface area contributed by atoms with Crippen molar-refractivity contribution < 1.29 is 42.8 Å². The van der Waals surface area contributed by atoms with Crippen LogP contribution in [0.25, 0.3) is 44.2 Å². The van der Waals surface area contributed by atoms with E-state index in [0.29, 0.717) is 113 Å². The molecule has 3 aromatic heterocycles. The van der Waals surface area contributed by atoms with E-state index < -0.39 is 11.8 Å². The number of unbranched alkanes of at least 4 members (excludes halogenated alkanes) is 1. The van der Waals surface area contributed by atoms with Gasteiger partial charge in [0.05, 0.1) is 77.9 Å². The van der Waals surface area contributed by atoms with Crippen molar-refractivity contribution in [3.05, 3.63) is 153 Å². The van der Waals surface area contributed by atoms with Gasteiger partial charge in [0, 0.05) is 89.8 Å². The van der Waals surface area contributed by atoms with E-state index in [4.69, 9.17) is 38.4 Å². The Hall–Kier alpha value is -8.69. The van der Waals surface area contributed by atoms with Crippen LogP contribution in [0.1, 0.15) is 163 Å². The van der Waals surface area contributed by atoms with Gasteiger partial charge in [0.2, 0.25) is 0 Å². The number of nitrogens with zero attached hydrogens (tertiary/aromatic N) is 5. The van der Waals surface area contributed by atoms with Crippen molar-refractivity contribution in [2.45, 2.75) is 105 Å². The monoisotopic (exact) mass is 1130 g/mol. The molecule has 0 radical (unpaired) electrons. The third-order valence-corrected chi connectivity index (χ3v) is 16.1. The van der Waals surface area contributed by atoms with Gasteiger partial charge >= 0.3 is 5.97 Å². The topological polar surface area (TPSA) is 205 Å². The third-order valence-electron chi connectivity index (χ3n) is 16.1. The number of fused-ring (bicyclic) bond motifs is 9. The predicted molar refractivity (Wildman–Crippen MR) is 326 cm³/mol. The van der Waals surface area contributed by atoms with Gasteiger partial charge in [-0.25, -0.2) is 19.9 Å². The number of hydrogen-bond donors (Lipinski definition) is 3. The predicted octanol–water partition coefficient (Wildman–Crippen LogP) is 12.6. The number of esters is 1. The van der Waals surface area contributed by atoms with E-state index in [9.17, 15) is 4.79 Å². The number of nitrogens with one attached hydrogen (secondary N) is 3. The molecule has 4 aliphatic heterocycles. The highest BCUT2D eigenvalue weighted by Crippen LogP contribution is 2.46. The van der Waals surface area contributed by atoms with Crippen LogP contribution in [0.15, 0.2) is 85.2 Å². The molecule has 0 aliphatic carbocycles. The van der Waals surface area contributed by atoms with Crippen LogP contribution < -0.4 is 14.8 Å². The van der Waals surface area contributed by atoms with Crippen LogP contribution in [0.3, 0.4) is 0 Å². The van der Waals surface area contributed by atoms with Crippen molar-refractivity contribution in [1.29, 1.82) is 0 Å². The lowest BCUT2D eigenvalue weighted by atomic mass is 9.84. The highest BCUT2D eigenvalue weighted by molar-refractivity contribution is 6.23. The summed E-state index contributed by atoms with van der Waals surface area (Å²) in [5, 5.41) is 4.17. The van der Waals surface area contributed by atoms with Crippen LogP contribution in [0.4, 0.5) is 11.5 Å². The number of benzene rings is 3. The average Bonchev–Trinajstić information content (AvgIpc) is 3.26. The van der Waals surface area contributed by atoms with Crippen molar-refractivity contribution in [3.8, 4) is 23.3 Å². The molecule has 6 aromatic rings. The molecular weight excluding hydrogens is 1060 g/mol. The number of carbonyl (C=O) groups excluding carboxylic acids is 3. The molecule has 8 bridgehead atoms. The first-order valence-electron chi connectivity index (χ1n) is 28.8. The summed E-state index contributed by atoms with van der Waals surface area (Å²) in [7, 11) is 4.61. The standard InChI is InChI=1S/C67H72N8O9/c1-11-13-24-82-42(7)60-40(5)52-32-51-39(4)48(22-23-59(76)81-10)63(73-51)62-64-61(41(6)53(74-64)33-55-47(12-2)38(3)50(71-55)34-56(60)72-52)66(77)75(67(62)78)36-45-18-14-16-43(29-45)20-21-44-17-15-19-46(30-44)70-65-49-31-57(83-27-25-79-8)58(84-28-26-80-9)35-54(49)68-37-69-65/h14-19,29-35,37,39,42,48,73-74H,11-13,22-28,36H2,1-10H3,(H,68,69,70)/t39-,42?,48-/m0/s1. The Labute approximate surface area is 489 Å². The zero-order valence-electron chi connectivity index (χ0n) is 49.5. The minimum atomic E-state index is -0.470. The normalized spacial score (nSPS) is 15.5. The Morgan fingerprint density at radius 2 is 1.46 bits per heavy atom. The van der Waals surface area contributed by atoms with E-state index in [1.807, 2.05) is 73.7 Å². The van der Waals surface area contributed by atoms with E-state index in [0.717, 1.165) is 80.2 Å². The van der Waals surface area contributed by atoms with Gasteiger partial charge in [0.25, 0.3) is 11.8 Å². The molecule has 434 valence electrons. The molecule has 4 aliphatic rings. The van der Waals surface area contributed by atoms with Gasteiger partial charge in [-0.3, -0.25) is 19.3 Å². The summed E-state index contributed by atoms with van der Waals surface area (Å²) in [6, 6.07) is 25.1. The summed E-state index contributed by atoms with van der Waals surface area (Å²) in [6.07, 6.45) is 4.42. The van der Waals surface area contributed by atoms with Gasteiger partial charge in [0.1, 0.15) is 25.4 Å². The molecule has 10 rings (SSSR count). The van der Waals surface area contributed by atoms with Crippen molar-refractivity contribution in [2.75, 3.05) is 59.7 Å². The Morgan fingerprint density at radius 3 is 2.19 bits per heavy atom. The number of hydrogen-bond acceptors (Lipinski definition) is 14. The van der Waals surface area contributed by atoms with E-state index in [1.54, 1.807) is 14.2 Å². The number of anilines is 2. The van der Waals surface area contributed by atoms with Gasteiger partial charge < -0.3 is 43.7 Å². The average molecular weight is 1130 g/mol. The largest absolute Gasteiger partial charge is 0.487 e. The lowest BCUT2D eigenvalue weighted by Crippen LogP contribution is -2.40. The summed E-state index contributed by atoms with van der Waals surface area (Å²) in [6.45, 7) is 16.6. The second-order valence-corrected chi connectivity index (χ2v) is 21.4. The first kappa shape index (κ1) is 58.5. The fourth-order valence-electron chi connectivity index (χ4n) is 11.4. The number of ether oxygens (including phenoxy) is 6. The molecule has 84 heavy (non-hydrogen) atoms. The Morgan fingerprint density at radius 1 is 0.762 bits per heavy atom. The molecule has 2 amide bonds. The number of H-pyrrole nitrogens is 2. The van der Waals surface area contributed by atoms with Gasteiger partial charge in [0.15, 0.2) is 11.5 Å². The van der Waals surface area contributed by atoms with E-state index >= 15 is 9.59 Å². The van der Waals surface area contributed by atoms with Gasteiger partial charge in [-0.2, -0.15) is 0 Å². The number of allylic oxidation sites excluding steroid dienone is 3. The summed E-state index contributed by atoms with van der Waals surface area (Å²) in [5.41, 5.74) is 14.7. The van der Waals surface area contributed by atoms with Crippen LogP contribution >= 0.6 is 0 Å². The number of amides is 2. The lowest BCUT2D eigenvalue weighted by molar-refractivity contribution is -0.140. The Bertz CT molecular complexity index is 3900. The lowest BCUT2D eigenvalue weighted by Gasteiger charge is -2.27. The van der Waals surface area contributed by atoms with Crippen molar-refractivity contribution in [3.63, 3.8) is 0 Å². The van der Waals surface area contributed by atoms with Crippen molar-refractivity contribution in [2.24, 2.45) is 0 Å². The second kappa shape index (κ2) is 25.8. The zero-order valence-corrected chi connectivity index (χ0v) is 49.5. The molecule has 3 N–H and O–H groups in total. The maximum atomic E-state index is 15.6. The molecule has 0 saturated carbocycles. The SMILES string of the molecule is CCCCOC(C)C1=C(C)c2cc3[nH]c(c4c5[nH]c(cc6nc(cc1n2)C(C)=C6CC)c(C)c5C(=O)N(Cc1cccc(C#Cc2cccc(Nc5ncnc6cc(OCCOC)c(OCCOC)cc56)c2)c1)C4=O)[C@@H](CCC(=O)OC)[C@@H]3C. The van der Waals surface area contributed by atoms with Gasteiger partial charge in [-0.1, -0.05) is 57.2 Å². The number of aryl methyl sites for hydroxylation is 1. The molecule has 7 heterocycles. The minimum Gasteiger partial charge on any atom is -0.487 e. The molecule has 0 fully saturated rings. The molecule has 3 aromatic carbocycles. The highest BCUT2D eigenvalue weighted by Gasteiger charge is 2.41. The molecule has 1 unspecified atom stereocenters. The van der Waals surface area contributed by atoms with Gasteiger partial charge in [-0.15, -0.1) is 0 Å². The molecular formula is C67H72N8O9. The maximum absolute atomic E-state index is 15.6. The van der Waals surface area contributed by atoms with Crippen molar-refractivity contribution >= 4 is 73.5 Å². The number of carbonyl (C=O) groups is 3. The summed E-state index contributed by atoms with van der Waals surface area (Å²) >= 11 is 0. The molecule has 0 saturated heterocycles. The molecule has 17 heteroatoms. The molecule has 17 nitrogen and oxygen atoms in total. The summed E-state index contributed by atoms with van der Waals surface area (Å²) < 4.78 is 34.1. The number of methoxy groups -OCH3 is 3. The van der Waals surface area contributed by atoms with Crippen LogP contribution in [-0.2, 0) is 30.3 Å². The highest BCUT2D eigenvalue weighted by atomic mass is 16.5. The van der Waals surface area contributed by atoms with Gasteiger partial charge in [-0.05, 0) is 129 Å². The van der Waals surface area contributed by atoms with E-state index in [2.05, 4.69) is 90.8 Å². The third kappa shape index (κ3) is 12.1. The van der Waals surface area contributed by atoms with Crippen LogP contribution in [0.2, 0.25) is 0 Å². The van der Waals surface area contributed by atoms with Crippen molar-refractivity contribution in [1.82, 2.24) is 34.8 Å². The van der Waals surface area contributed by atoms with E-state index in [-0.39, 0.29) is 36.9 Å². The minimum absolute atomic E-state index is 0.0339. The number of imide groups is 1. The smallest absolute Gasteiger partial charge is 0.305 e. The number of aromatic nitrogens is 6. The second-order valence-electron chi connectivity index (χ2n) is 21.4. The number of aromatic amines is 2. The fourth-order valence-corrected chi connectivity index (χ4v) is 11.4. The fraction of sp³-hybridized carbons (Fsp3) is 0.358. The van der Waals surface area contributed by atoms with Crippen LogP contribution in [0, 0.1) is 18.8 Å². The van der Waals surface area contributed by atoms with Crippen LogP contribution in [-0.4, -0.2) is 113 Å². The quantitative estimate of drug-likeness (QED) is 0.0265. The zero-order chi connectivity index (χ0) is 59.2. The summed E-state index contributed by atoms with van der Waals surface area (Å²) in [4.78, 5) is 71.9. The maximum Gasteiger partial charge on any atom is 0.305 e. The first-order chi connectivity index (χ1) is 40.7. The Kier molecular flexibility index (Phi) is 18.0. The van der Waals surface area contributed by atoms with Crippen LogP contribution in [0.5, 0.6) is 11.5 Å². The Balaban J connectivity index is 1.02. The number of rotatable bonds is 21. The molecule has 3 atom stereocenters. The van der Waals surface area contributed by atoms with E-state index in [1.165, 1.54) is 18.3 Å².